The Hall–Kier alpha value is -4.79. The Morgan fingerprint density at radius 2 is 1.57 bits per heavy atom. The fourth-order valence-corrected chi connectivity index (χ4v) is 8.01. The molecule has 3 aromatic rings. The molecule has 212 valence electrons. The average molecular weight is 565 g/mol. The van der Waals surface area contributed by atoms with Crippen molar-refractivity contribution >= 4 is 46.2 Å². The number of hydrogen-bond acceptors (Lipinski definition) is 7. The van der Waals surface area contributed by atoms with Gasteiger partial charge in [-0.1, -0.05) is 60.2 Å². The molecule has 2 saturated heterocycles. The largest absolute Gasteiger partial charge is 0.507 e. The van der Waals surface area contributed by atoms with Gasteiger partial charge in [0.25, 0.3) is 0 Å². The molecule has 9 heteroatoms. The van der Waals surface area contributed by atoms with Crippen LogP contribution in [0.4, 0.5) is 10.5 Å². The molecule has 6 atom stereocenters. The van der Waals surface area contributed by atoms with E-state index in [1.807, 2.05) is 37.3 Å². The van der Waals surface area contributed by atoms with Crippen molar-refractivity contribution in [2.75, 3.05) is 12.0 Å². The second-order valence-electron chi connectivity index (χ2n) is 11.7. The molecule has 5 amide bonds. The maximum Gasteiger partial charge on any atom is 0.423 e. The van der Waals surface area contributed by atoms with Gasteiger partial charge >= 0.3 is 6.09 Å². The van der Waals surface area contributed by atoms with Gasteiger partial charge in [-0.25, -0.2) is 9.69 Å². The molecule has 0 radical (unpaired) electrons. The number of amides is 5. The lowest BCUT2D eigenvalue weighted by Crippen LogP contribution is -2.49. The van der Waals surface area contributed by atoms with E-state index >= 15 is 0 Å². The SMILES string of the molecule is COC(=O)N1C(=O)[C@H]2[C@H](CC=C3[C@H]2C[C@H]2C(=O)N(c4ccccc4)C(=O)[C@@]2(C)[C@H]3c2ccc(O)c3ccccc23)C1=O. The zero-order chi connectivity index (χ0) is 29.5. The number of benzene rings is 3. The minimum absolute atomic E-state index is 0.0890. The van der Waals surface area contributed by atoms with Gasteiger partial charge in [-0.05, 0) is 54.8 Å². The summed E-state index contributed by atoms with van der Waals surface area (Å²) in [6.45, 7) is 1.82. The van der Waals surface area contributed by atoms with Crippen molar-refractivity contribution in [3.63, 3.8) is 0 Å². The van der Waals surface area contributed by atoms with E-state index in [0.29, 0.717) is 16.0 Å². The molecular formula is C33H28N2O7. The Bertz CT molecular complexity index is 1750. The van der Waals surface area contributed by atoms with Crippen LogP contribution in [0.2, 0.25) is 0 Å². The maximum absolute atomic E-state index is 14.5. The Labute approximate surface area is 241 Å². The standard InChI is InChI=1S/C33H28N2O7/c1-33-24(29(38)34(31(33)40)17-8-4-3-5-9-17)16-23-21(12-13-22-26(23)30(39)35(28(22)37)32(41)42-2)27(33)20-14-15-25(36)19-11-7-6-10-18(19)20/h3-12,14-15,22-24,26-27,36H,13,16H2,1-2H3/t22-,23+,24-,26-,27-,33+/m0/s1. The van der Waals surface area contributed by atoms with E-state index in [1.165, 1.54) is 4.90 Å². The predicted molar refractivity (Wildman–Crippen MR) is 151 cm³/mol. The van der Waals surface area contributed by atoms with Gasteiger partial charge in [0.15, 0.2) is 0 Å². The van der Waals surface area contributed by atoms with E-state index < -0.39 is 52.9 Å². The molecule has 0 bridgehead atoms. The van der Waals surface area contributed by atoms with E-state index in [4.69, 9.17) is 4.74 Å². The third kappa shape index (κ3) is 3.27. The predicted octanol–water partition coefficient (Wildman–Crippen LogP) is 4.54. The number of phenolic OH excluding ortho intramolecular Hbond substituents is 1. The molecule has 3 aromatic carbocycles. The number of nitrogens with zero attached hydrogens (tertiary/aromatic N) is 2. The van der Waals surface area contributed by atoms with Crippen LogP contribution in [0.25, 0.3) is 10.8 Å². The van der Waals surface area contributed by atoms with Crippen LogP contribution in [-0.2, 0) is 23.9 Å². The quantitative estimate of drug-likeness (QED) is 0.358. The Kier molecular flexibility index (Phi) is 5.67. The molecule has 2 aliphatic carbocycles. The summed E-state index contributed by atoms with van der Waals surface area (Å²) in [4.78, 5) is 69.9. The highest BCUT2D eigenvalue weighted by Gasteiger charge is 2.68. The number of ether oxygens (including phenoxy) is 1. The highest BCUT2D eigenvalue weighted by Crippen LogP contribution is 2.64. The fourth-order valence-electron chi connectivity index (χ4n) is 8.01. The van der Waals surface area contributed by atoms with Crippen molar-refractivity contribution in [2.45, 2.75) is 25.7 Å². The molecule has 4 aliphatic rings. The normalized spacial score (nSPS) is 30.2. The third-order valence-corrected chi connectivity index (χ3v) is 9.89. The van der Waals surface area contributed by atoms with Gasteiger partial charge < -0.3 is 9.84 Å². The molecule has 0 aromatic heterocycles. The van der Waals surface area contributed by atoms with E-state index in [0.717, 1.165) is 23.6 Å². The van der Waals surface area contributed by atoms with Crippen LogP contribution in [-0.4, -0.2) is 46.8 Å². The molecule has 9 nitrogen and oxygen atoms in total. The Balaban J connectivity index is 1.45. The van der Waals surface area contributed by atoms with E-state index in [2.05, 4.69) is 0 Å². The Morgan fingerprint density at radius 3 is 2.29 bits per heavy atom. The number of fused-ring (bicyclic) bond motifs is 5. The zero-order valence-corrected chi connectivity index (χ0v) is 23.0. The number of aromatic hydroxyl groups is 1. The van der Waals surface area contributed by atoms with Gasteiger partial charge in [-0.2, -0.15) is 4.90 Å². The fraction of sp³-hybridized carbons (Fsp3) is 0.303. The number of rotatable bonds is 2. The number of hydrogen-bond donors (Lipinski definition) is 1. The lowest BCUT2D eigenvalue weighted by atomic mass is 9.51. The summed E-state index contributed by atoms with van der Waals surface area (Å²) < 4.78 is 4.75. The minimum Gasteiger partial charge on any atom is -0.507 e. The van der Waals surface area contributed by atoms with Crippen LogP contribution >= 0.6 is 0 Å². The summed E-state index contributed by atoms with van der Waals surface area (Å²) in [5.41, 5.74) is 0.809. The number of carbonyl (C=O) groups excluding carboxylic acids is 5. The molecule has 7 rings (SSSR count). The van der Waals surface area contributed by atoms with E-state index in [-0.39, 0.29) is 30.4 Å². The smallest absolute Gasteiger partial charge is 0.423 e. The summed E-state index contributed by atoms with van der Waals surface area (Å²) in [6, 6.07) is 19.5. The van der Waals surface area contributed by atoms with E-state index in [9.17, 15) is 29.1 Å². The van der Waals surface area contributed by atoms with Crippen LogP contribution in [0.15, 0.2) is 78.4 Å². The number of allylic oxidation sites excluding steroid dienone is 2. The first kappa shape index (κ1) is 26.1. The number of para-hydroxylation sites is 1. The summed E-state index contributed by atoms with van der Waals surface area (Å²) in [5.74, 6) is -5.45. The molecule has 42 heavy (non-hydrogen) atoms. The lowest BCUT2D eigenvalue weighted by Gasteiger charge is -2.49. The van der Waals surface area contributed by atoms with Crippen LogP contribution in [0, 0.1) is 29.1 Å². The number of phenols is 1. The monoisotopic (exact) mass is 564 g/mol. The van der Waals surface area contributed by atoms with Crippen LogP contribution in [0.1, 0.15) is 31.2 Å². The van der Waals surface area contributed by atoms with Gasteiger partial charge in [0.05, 0.1) is 36.0 Å². The molecule has 1 saturated carbocycles. The highest BCUT2D eigenvalue weighted by molar-refractivity contribution is 6.24. The van der Waals surface area contributed by atoms with Crippen molar-refractivity contribution in [3.05, 3.63) is 83.9 Å². The number of anilines is 1. The van der Waals surface area contributed by atoms with E-state index in [1.54, 1.807) is 42.5 Å². The molecule has 0 unspecified atom stereocenters. The first-order valence-corrected chi connectivity index (χ1v) is 14.0. The maximum atomic E-state index is 14.5. The molecule has 1 N–H and O–H groups in total. The first-order valence-electron chi connectivity index (χ1n) is 14.0. The number of likely N-dealkylation sites (tertiary alicyclic amines) is 1. The number of imide groups is 4. The second kappa shape index (κ2) is 9.11. The molecular weight excluding hydrogens is 536 g/mol. The Morgan fingerprint density at radius 1 is 0.881 bits per heavy atom. The van der Waals surface area contributed by atoms with Crippen molar-refractivity contribution in [1.29, 1.82) is 0 Å². The van der Waals surface area contributed by atoms with Crippen molar-refractivity contribution in [1.82, 2.24) is 4.90 Å². The lowest BCUT2D eigenvalue weighted by molar-refractivity contribution is -0.138. The summed E-state index contributed by atoms with van der Waals surface area (Å²) in [7, 11) is 1.12. The molecule has 2 aliphatic heterocycles. The number of carbonyl (C=O) groups is 5. The molecule has 3 fully saturated rings. The topological polar surface area (TPSA) is 121 Å². The minimum atomic E-state index is -1.21. The number of methoxy groups -OCH3 is 1. The van der Waals surface area contributed by atoms with Crippen LogP contribution in [0.3, 0.4) is 0 Å². The van der Waals surface area contributed by atoms with Gasteiger partial charge in [-0.3, -0.25) is 19.2 Å². The average Bonchev–Trinajstić information content (AvgIpc) is 3.37. The molecule has 2 heterocycles. The summed E-state index contributed by atoms with van der Waals surface area (Å²) >= 11 is 0. The van der Waals surface area contributed by atoms with Gasteiger partial charge in [-0.15, -0.1) is 0 Å². The highest BCUT2D eigenvalue weighted by atomic mass is 16.5. The second-order valence-corrected chi connectivity index (χ2v) is 11.7. The van der Waals surface area contributed by atoms with Crippen LogP contribution < -0.4 is 4.90 Å². The van der Waals surface area contributed by atoms with Gasteiger partial charge in [0.1, 0.15) is 5.75 Å². The molecule has 0 spiro atoms. The van der Waals surface area contributed by atoms with Crippen molar-refractivity contribution in [2.24, 2.45) is 29.1 Å². The summed E-state index contributed by atoms with van der Waals surface area (Å²) in [6.07, 6.45) is 1.30. The first-order chi connectivity index (χ1) is 20.2. The van der Waals surface area contributed by atoms with Crippen molar-refractivity contribution < 1.29 is 33.8 Å². The van der Waals surface area contributed by atoms with Crippen molar-refractivity contribution in [3.8, 4) is 5.75 Å². The van der Waals surface area contributed by atoms with Gasteiger partial charge in [0, 0.05) is 11.3 Å². The van der Waals surface area contributed by atoms with Crippen LogP contribution in [0.5, 0.6) is 5.75 Å². The third-order valence-electron chi connectivity index (χ3n) is 9.89. The summed E-state index contributed by atoms with van der Waals surface area (Å²) in [5, 5.41) is 12.0. The zero-order valence-electron chi connectivity index (χ0n) is 23.0. The van der Waals surface area contributed by atoms with Gasteiger partial charge in [0.2, 0.25) is 23.6 Å².